The Labute approximate surface area is 89.0 Å². The molecule has 0 saturated heterocycles. The smallest absolute Gasteiger partial charge is 0.245 e. The molecule has 2 aromatic rings. The number of anilines is 1. The van der Waals surface area contributed by atoms with Crippen LogP contribution in [0.15, 0.2) is 22.7 Å². The SMILES string of the molecule is Cc1cc(-n2nnnc2N)ccc1Br. The number of tetrazole rings is 1. The van der Waals surface area contributed by atoms with Crippen LogP contribution in [0.2, 0.25) is 0 Å². The van der Waals surface area contributed by atoms with Gasteiger partial charge in [-0.3, -0.25) is 0 Å². The third-order valence-corrected chi connectivity index (χ3v) is 2.77. The molecule has 0 amide bonds. The Balaban J connectivity index is 2.53. The van der Waals surface area contributed by atoms with E-state index in [4.69, 9.17) is 5.73 Å². The Hall–Kier alpha value is -1.43. The van der Waals surface area contributed by atoms with Crippen LogP contribution in [0.25, 0.3) is 5.69 Å². The van der Waals surface area contributed by atoms with E-state index >= 15 is 0 Å². The van der Waals surface area contributed by atoms with E-state index in [1.54, 1.807) is 0 Å². The lowest BCUT2D eigenvalue weighted by Gasteiger charge is -2.03. The Bertz CT molecular complexity index is 465. The molecule has 0 saturated carbocycles. The third-order valence-electron chi connectivity index (χ3n) is 1.88. The summed E-state index contributed by atoms with van der Waals surface area (Å²) in [5.74, 6) is 0.284. The van der Waals surface area contributed by atoms with Crippen molar-refractivity contribution in [2.45, 2.75) is 6.92 Å². The molecule has 2 N–H and O–H groups in total. The minimum Gasteiger partial charge on any atom is -0.366 e. The highest BCUT2D eigenvalue weighted by Crippen LogP contribution is 2.19. The van der Waals surface area contributed by atoms with Gasteiger partial charge in [0, 0.05) is 4.47 Å². The molecule has 0 aliphatic heterocycles. The minimum absolute atomic E-state index is 0.284. The summed E-state index contributed by atoms with van der Waals surface area (Å²) in [4.78, 5) is 0. The van der Waals surface area contributed by atoms with Gasteiger partial charge in [-0.1, -0.05) is 21.0 Å². The second kappa shape index (κ2) is 3.38. The first-order valence-corrected chi connectivity index (χ1v) is 4.78. The number of aryl methyl sites for hydroxylation is 1. The predicted molar refractivity (Wildman–Crippen MR) is 56.0 cm³/mol. The zero-order valence-corrected chi connectivity index (χ0v) is 9.06. The lowest BCUT2D eigenvalue weighted by molar-refractivity contribution is 0.791. The van der Waals surface area contributed by atoms with Crippen molar-refractivity contribution >= 4 is 21.9 Å². The minimum atomic E-state index is 0.284. The maximum Gasteiger partial charge on any atom is 0.245 e. The first kappa shape index (κ1) is 9.14. The molecule has 1 aromatic carbocycles. The third kappa shape index (κ3) is 1.48. The van der Waals surface area contributed by atoms with Crippen molar-refractivity contribution < 1.29 is 0 Å². The maximum atomic E-state index is 5.58. The van der Waals surface area contributed by atoms with E-state index in [0.717, 1.165) is 15.7 Å². The van der Waals surface area contributed by atoms with Gasteiger partial charge in [-0.05, 0) is 41.1 Å². The molecular weight excluding hydrogens is 246 g/mol. The van der Waals surface area contributed by atoms with Gasteiger partial charge >= 0.3 is 0 Å². The van der Waals surface area contributed by atoms with E-state index in [-0.39, 0.29) is 5.95 Å². The topological polar surface area (TPSA) is 69.6 Å². The molecule has 0 aliphatic carbocycles. The number of rotatable bonds is 1. The molecule has 0 unspecified atom stereocenters. The Morgan fingerprint density at radius 1 is 1.43 bits per heavy atom. The van der Waals surface area contributed by atoms with Crippen molar-refractivity contribution in [2.75, 3.05) is 5.73 Å². The zero-order chi connectivity index (χ0) is 10.1. The van der Waals surface area contributed by atoms with Crippen molar-refractivity contribution in [3.05, 3.63) is 28.2 Å². The summed E-state index contributed by atoms with van der Waals surface area (Å²) in [6, 6.07) is 5.78. The quantitative estimate of drug-likeness (QED) is 0.833. The Morgan fingerprint density at radius 3 is 2.79 bits per heavy atom. The van der Waals surface area contributed by atoms with Gasteiger partial charge in [-0.25, -0.2) is 0 Å². The number of nitrogens with two attached hydrogens (primary N) is 1. The summed E-state index contributed by atoms with van der Waals surface area (Å²) >= 11 is 3.42. The summed E-state index contributed by atoms with van der Waals surface area (Å²) in [5, 5.41) is 10.9. The molecule has 0 spiro atoms. The van der Waals surface area contributed by atoms with Crippen LogP contribution in [0.1, 0.15) is 5.56 Å². The lowest BCUT2D eigenvalue weighted by Crippen LogP contribution is -2.02. The highest BCUT2D eigenvalue weighted by molar-refractivity contribution is 9.10. The number of benzene rings is 1. The van der Waals surface area contributed by atoms with Crippen LogP contribution in [-0.2, 0) is 0 Å². The van der Waals surface area contributed by atoms with E-state index in [2.05, 4.69) is 31.5 Å². The molecular formula is C8H8BrN5. The van der Waals surface area contributed by atoms with Crippen LogP contribution in [-0.4, -0.2) is 20.2 Å². The summed E-state index contributed by atoms with van der Waals surface area (Å²) in [6.45, 7) is 1.99. The van der Waals surface area contributed by atoms with Crippen LogP contribution in [0.4, 0.5) is 5.95 Å². The largest absolute Gasteiger partial charge is 0.366 e. The predicted octanol–water partition coefficient (Wildman–Crippen LogP) is 1.32. The van der Waals surface area contributed by atoms with Crippen molar-refractivity contribution in [1.29, 1.82) is 0 Å². The molecule has 1 heterocycles. The molecule has 2 rings (SSSR count). The summed E-state index contributed by atoms with van der Waals surface area (Å²) < 4.78 is 2.53. The number of hydrogen-bond acceptors (Lipinski definition) is 4. The second-order valence-corrected chi connectivity index (χ2v) is 3.74. The van der Waals surface area contributed by atoms with E-state index in [0.29, 0.717) is 0 Å². The van der Waals surface area contributed by atoms with Gasteiger partial charge in [0.1, 0.15) is 0 Å². The highest BCUT2D eigenvalue weighted by atomic mass is 79.9. The second-order valence-electron chi connectivity index (χ2n) is 2.88. The number of nitrogens with zero attached hydrogens (tertiary/aromatic N) is 4. The lowest BCUT2D eigenvalue weighted by atomic mass is 10.2. The van der Waals surface area contributed by atoms with Gasteiger partial charge < -0.3 is 5.73 Å². The van der Waals surface area contributed by atoms with Crippen LogP contribution in [0, 0.1) is 6.92 Å². The van der Waals surface area contributed by atoms with Crippen molar-refractivity contribution in [2.24, 2.45) is 0 Å². The first-order valence-electron chi connectivity index (χ1n) is 3.99. The van der Waals surface area contributed by atoms with Crippen molar-refractivity contribution in [1.82, 2.24) is 20.2 Å². The fourth-order valence-corrected chi connectivity index (χ4v) is 1.39. The van der Waals surface area contributed by atoms with Crippen LogP contribution < -0.4 is 5.73 Å². The first-order chi connectivity index (χ1) is 6.68. The van der Waals surface area contributed by atoms with E-state index in [1.165, 1.54) is 4.68 Å². The molecule has 5 nitrogen and oxygen atoms in total. The standard InChI is InChI=1S/C8H8BrN5/c1-5-4-6(2-3-7(5)9)14-8(10)11-12-13-14/h2-4H,1H3,(H2,10,11,13). The van der Waals surface area contributed by atoms with E-state index < -0.39 is 0 Å². The summed E-state index contributed by atoms with van der Waals surface area (Å²) in [7, 11) is 0. The van der Waals surface area contributed by atoms with Gasteiger partial charge in [0.15, 0.2) is 0 Å². The molecule has 1 aromatic heterocycles. The number of aromatic nitrogens is 4. The van der Waals surface area contributed by atoms with E-state index in [9.17, 15) is 0 Å². The van der Waals surface area contributed by atoms with Crippen molar-refractivity contribution in [3.8, 4) is 5.69 Å². The molecule has 0 fully saturated rings. The van der Waals surface area contributed by atoms with Gasteiger partial charge in [-0.2, -0.15) is 4.68 Å². The van der Waals surface area contributed by atoms with Gasteiger partial charge in [-0.15, -0.1) is 0 Å². The molecule has 72 valence electrons. The number of hydrogen-bond donors (Lipinski definition) is 1. The molecule has 6 heteroatoms. The average Bonchev–Trinajstić information content (AvgIpc) is 2.57. The van der Waals surface area contributed by atoms with Gasteiger partial charge in [0.25, 0.3) is 0 Å². The fraction of sp³-hybridized carbons (Fsp3) is 0.125. The summed E-state index contributed by atoms with van der Waals surface area (Å²) in [5.41, 5.74) is 7.54. The van der Waals surface area contributed by atoms with Crippen LogP contribution in [0.3, 0.4) is 0 Å². The van der Waals surface area contributed by atoms with Crippen LogP contribution >= 0.6 is 15.9 Å². The zero-order valence-electron chi connectivity index (χ0n) is 7.48. The normalized spacial score (nSPS) is 10.4. The summed E-state index contributed by atoms with van der Waals surface area (Å²) in [6.07, 6.45) is 0. The van der Waals surface area contributed by atoms with Gasteiger partial charge in [0.05, 0.1) is 5.69 Å². The highest BCUT2D eigenvalue weighted by Gasteiger charge is 2.04. The molecule has 0 aliphatic rings. The van der Waals surface area contributed by atoms with E-state index in [1.807, 2.05) is 25.1 Å². The molecule has 0 radical (unpaired) electrons. The monoisotopic (exact) mass is 253 g/mol. The fourth-order valence-electron chi connectivity index (χ4n) is 1.14. The maximum absolute atomic E-state index is 5.58. The molecule has 14 heavy (non-hydrogen) atoms. The number of nitrogen functional groups attached to an aromatic ring is 1. The van der Waals surface area contributed by atoms with Crippen LogP contribution in [0.5, 0.6) is 0 Å². The Kier molecular flexibility index (Phi) is 2.20. The Morgan fingerprint density at radius 2 is 2.21 bits per heavy atom. The van der Waals surface area contributed by atoms with Crippen molar-refractivity contribution in [3.63, 3.8) is 0 Å². The van der Waals surface area contributed by atoms with Gasteiger partial charge in [0.2, 0.25) is 5.95 Å². The molecule has 0 atom stereocenters. The average molecular weight is 254 g/mol. The number of halogens is 1. The molecule has 0 bridgehead atoms.